The fourth-order valence-electron chi connectivity index (χ4n) is 3.02. The van der Waals surface area contributed by atoms with Crippen molar-refractivity contribution >= 4 is 23.2 Å². The first kappa shape index (κ1) is 18.7. The predicted molar refractivity (Wildman–Crippen MR) is 99.3 cm³/mol. The van der Waals surface area contributed by atoms with E-state index in [4.69, 9.17) is 10.7 Å². The maximum atomic E-state index is 11.2. The Labute approximate surface area is 148 Å². The van der Waals surface area contributed by atoms with Crippen molar-refractivity contribution in [1.82, 2.24) is 15.2 Å². The molecule has 7 heteroatoms. The minimum absolute atomic E-state index is 0.209. The predicted octanol–water partition coefficient (Wildman–Crippen LogP) is 1.80. The van der Waals surface area contributed by atoms with Crippen LogP contribution in [-0.2, 0) is 17.6 Å². The lowest BCUT2D eigenvalue weighted by molar-refractivity contribution is -0.119. The molecule has 0 bridgehead atoms. The number of piperidine rings is 1. The molecule has 1 aromatic heterocycles. The van der Waals surface area contributed by atoms with E-state index < -0.39 is 0 Å². The van der Waals surface area contributed by atoms with Crippen LogP contribution in [0.5, 0.6) is 0 Å². The fourth-order valence-corrected chi connectivity index (χ4v) is 3.87. The Hall–Kier alpha value is -1.63. The molecule has 6 nitrogen and oxygen atoms in total. The summed E-state index contributed by atoms with van der Waals surface area (Å²) in [7, 11) is 0. The number of rotatable bonds is 7. The molecule has 0 radical (unpaired) electrons. The topological polar surface area (TPSA) is 83.6 Å². The van der Waals surface area contributed by atoms with E-state index in [1.54, 1.807) is 11.3 Å². The average molecular weight is 352 g/mol. The zero-order chi connectivity index (χ0) is 17.4. The van der Waals surface area contributed by atoms with Gasteiger partial charge >= 0.3 is 0 Å². The highest BCUT2D eigenvalue weighted by atomic mass is 32.1. The van der Waals surface area contributed by atoms with Crippen LogP contribution in [0.25, 0.3) is 0 Å². The van der Waals surface area contributed by atoms with Gasteiger partial charge in [0.25, 0.3) is 0 Å². The maximum Gasteiger partial charge on any atom is 0.217 e. The Balaban J connectivity index is 1.92. The number of likely N-dealkylation sites (tertiary alicyclic amines) is 1. The van der Waals surface area contributed by atoms with Crippen LogP contribution >= 0.6 is 11.3 Å². The second kappa shape index (κ2) is 9.61. The van der Waals surface area contributed by atoms with Crippen molar-refractivity contribution in [3.05, 3.63) is 16.1 Å². The average Bonchev–Trinajstić information content (AvgIpc) is 3.02. The van der Waals surface area contributed by atoms with Crippen LogP contribution in [0.1, 0.15) is 43.0 Å². The van der Waals surface area contributed by atoms with Gasteiger partial charge in [-0.05, 0) is 32.1 Å². The lowest BCUT2D eigenvalue weighted by Gasteiger charge is -2.34. The first-order chi connectivity index (χ1) is 11.6. The largest absolute Gasteiger partial charge is 0.370 e. The maximum absolute atomic E-state index is 11.2. The number of carbonyl (C=O) groups excluding carboxylic acids is 1. The minimum Gasteiger partial charge on any atom is -0.370 e. The van der Waals surface area contributed by atoms with E-state index in [-0.39, 0.29) is 5.91 Å². The van der Waals surface area contributed by atoms with Gasteiger partial charge < -0.3 is 16.0 Å². The summed E-state index contributed by atoms with van der Waals surface area (Å²) in [5.74, 6) is 1.07. The summed E-state index contributed by atoms with van der Waals surface area (Å²) in [5, 5.41) is 4.52. The Morgan fingerprint density at radius 1 is 1.54 bits per heavy atom. The van der Waals surface area contributed by atoms with Crippen LogP contribution in [0.4, 0.5) is 0 Å². The number of nitrogens with two attached hydrogens (primary N) is 1. The van der Waals surface area contributed by atoms with Crippen LogP contribution in [0.15, 0.2) is 11.2 Å². The number of primary amides is 1. The third kappa shape index (κ3) is 5.78. The van der Waals surface area contributed by atoms with Crippen molar-refractivity contribution in [3.8, 4) is 0 Å². The summed E-state index contributed by atoms with van der Waals surface area (Å²) >= 11 is 1.77. The van der Waals surface area contributed by atoms with E-state index in [0.717, 1.165) is 62.8 Å². The standard InChI is InChI=1S/C17H29N5OS/c1-3-14-11-21-16(24-14)7-8-20-17(19-4-2)22-9-5-6-13(12-22)10-15(18)23/h11,13H,3-10,12H2,1-2H3,(H2,18,23)(H,19,20). The summed E-state index contributed by atoms with van der Waals surface area (Å²) in [4.78, 5) is 24.0. The number of aryl methyl sites for hydroxylation is 1. The highest BCUT2D eigenvalue weighted by Gasteiger charge is 2.23. The van der Waals surface area contributed by atoms with Gasteiger partial charge in [0.15, 0.2) is 5.96 Å². The normalized spacial score (nSPS) is 18.7. The molecule has 1 saturated heterocycles. The van der Waals surface area contributed by atoms with Crippen molar-refractivity contribution in [2.75, 3.05) is 26.2 Å². The number of carbonyl (C=O) groups is 1. The van der Waals surface area contributed by atoms with Gasteiger partial charge in [0.05, 0.1) is 5.01 Å². The van der Waals surface area contributed by atoms with E-state index in [1.807, 2.05) is 6.20 Å². The number of guanidine groups is 1. The second-order valence-corrected chi connectivity index (χ2v) is 7.38. The van der Waals surface area contributed by atoms with Gasteiger partial charge in [0.1, 0.15) is 0 Å². The van der Waals surface area contributed by atoms with E-state index in [2.05, 4.69) is 29.0 Å². The molecule has 1 amide bonds. The van der Waals surface area contributed by atoms with Crippen molar-refractivity contribution in [3.63, 3.8) is 0 Å². The molecule has 0 spiro atoms. The third-order valence-electron chi connectivity index (χ3n) is 4.18. The van der Waals surface area contributed by atoms with E-state index in [0.29, 0.717) is 12.3 Å². The SMILES string of the molecule is CCNC(=NCCc1ncc(CC)s1)N1CCCC(CC(N)=O)C1. The zero-order valence-corrected chi connectivity index (χ0v) is 15.6. The van der Waals surface area contributed by atoms with E-state index >= 15 is 0 Å². The molecular formula is C17H29N5OS. The lowest BCUT2D eigenvalue weighted by Crippen LogP contribution is -2.47. The number of thiazole rings is 1. The molecule has 134 valence electrons. The van der Waals surface area contributed by atoms with Gasteiger partial charge in [-0.1, -0.05) is 6.92 Å². The molecule has 1 fully saturated rings. The van der Waals surface area contributed by atoms with Gasteiger partial charge in [-0.2, -0.15) is 0 Å². The third-order valence-corrected chi connectivity index (χ3v) is 5.38. The van der Waals surface area contributed by atoms with Crippen LogP contribution in [0.3, 0.4) is 0 Å². The Morgan fingerprint density at radius 3 is 3.04 bits per heavy atom. The van der Waals surface area contributed by atoms with Crippen molar-refractivity contribution in [2.45, 2.75) is 46.0 Å². The molecule has 0 aliphatic carbocycles. The van der Waals surface area contributed by atoms with Gasteiger partial charge in [-0.25, -0.2) is 4.98 Å². The number of nitrogens with one attached hydrogen (secondary N) is 1. The molecule has 24 heavy (non-hydrogen) atoms. The van der Waals surface area contributed by atoms with Crippen molar-refractivity contribution in [2.24, 2.45) is 16.6 Å². The molecule has 0 saturated carbocycles. The molecule has 1 aromatic rings. The summed E-state index contributed by atoms with van der Waals surface area (Å²) < 4.78 is 0. The number of amides is 1. The van der Waals surface area contributed by atoms with Gasteiger partial charge in [0, 0.05) is 50.1 Å². The minimum atomic E-state index is -0.209. The fraction of sp³-hybridized carbons (Fsp3) is 0.706. The van der Waals surface area contributed by atoms with Crippen LogP contribution in [0.2, 0.25) is 0 Å². The number of hydrogen-bond donors (Lipinski definition) is 2. The lowest BCUT2D eigenvalue weighted by atomic mass is 9.95. The molecule has 2 rings (SSSR count). The molecule has 2 heterocycles. The highest BCUT2D eigenvalue weighted by molar-refractivity contribution is 7.11. The monoisotopic (exact) mass is 351 g/mol. The number of hydrogen-bond acceptors (Lipinski definition) is 4. The quantitative estimate of drug-likeness (QED) is 0.579. The van der Waals surface area contributed by atoms with Crippen molar-refractivity contribution in [1.29, 1.82) is 0 Å². The van der Waals surface area contributed by atoms with Crippen LogP contribution < -0.4 is 11.1 Å². The molecule has 1 unspecified atom stereocenters. The van der Waals surface area contributed by atoms with Crippen LogP contribution in [-0.4, -0.2) is 47.9 Å². The van der Waals surface area contributed by atoms with Gasteiger partial charge in [0.2, 0.25) is 5.91 Å². The number of aromatic nitrogens is 1. The van der Waals surface area contributed by atoms with Gasteiger partial charge in [-0.3, -0.25) is 9.79 Å². The Bertz CT molecular complexity index is 557. The molecule has 3 N–H and O–H groups in total. The van der Waals surface area contributed by atoms with E-state index in [9.17, 15) is 4.79 Å². The molecule has 1 aliphatic rings. The summed E-state index contributed by atoms with van der Waals surface area (Å²) in [5.41, 5.74) is 5.35. The molecule has 0 aromatic carbocycles. The number of aliphatic imine (C=N–C) groups is 1. The molecule has 1 aliphatic heterocycles. The van der Waals surface area contributed by atoms with E-state index in [1.165, 1.54) is 4.88 Å². The van der Waals surface area contributed by atoms with Crippen LogP contribution in [0, 0.1) is 5.92 Å². The Morgan fingerprint density at radius 2 is 2.38 bits per heavy atom. The summed E-state index contributed by atoms with van der Waals surface area (Å²) in [6.45, 7) is 7.64. The Kier molecular flexibility index (Phi) is 7.49. The summed E-state index contributed by atoms with van der Waals surface area (Å²) in [6.07, 6.45) is 6.49. The molecule has 1 atom stereocenters. The van der Waals surface area contributed by atoms with Crippen molar-refractivity contribution < 1.29 is 4.79 Å². The first-order valence-corrected chi connectivity index (χ1v) is 9.69. The first-order valence-electron chi connectivity index (χ1n) is 8.87. The summed E-state index contributed by atoms with van der Waals surface area (Å²) in [6, 6.07) is 0. The van der Waals surface area contributed by atoms with Gasteiger partial charge in [-0.15, -0.1) is 11.3 Å². The smallest absolute Gasteiger partial charge is 0.217 e. The zero-order valence-electron chi connectivity index (χ0n) is 14.8. The highest BCUT2D eigenvalue weighted by Crippen LogP contribution is 2.19. The molecular weight excluding hydrogens is 322 g/mol. The second-order valence-electron chi connectivity index (χ2n) is 6.18. The number of nitrogens with zero attached hydrogens (tertiary/aromatic N) is 3.